The molecule has 3 rings (SSSR count). The van der Waals surface area contributed by atoms with E-state index in [-0.39, 0.29) is 31.3 Å². The zero-order valence-corrected chi connectivity index (χ0v) is 26.7. The maximum Gasteiger partial charge on any atom is 0.243 e. The van der Waals surface area contributed by atoms with E-state index in [1.165, 1.54) is 10.6 Å². The molecule has 0 aromatic heterocycles. The summed E-state index contributed by atoms with van der Waals surface area (Å²) < 4.78 is 27.7. The van der Waals surface area contributed by atoms with Gasteiger partial charge in [-0.25, -0.2) is 8.42 Å². The molecule has 2 amide bonds. The number of hydrogen-bond acceptors (Lipinski definition) is 4. The van der Waals surface area contributed by atoms with Crippen LogP contribution in [-0.4, -0.2) is 50.5 Å². The Kier molecular flexibility index (Phi) is 12.0. The van der Waals surface area contributed by atoms with Gasteiger partial charge in [0, 0.05) is 36.9 Å². The Morgan fingerprint density at radius 2 is 1.59 bits per heavy atom. The molecule has 0 radical (unpaired) electrons. The second-order valence-corrected chi connectivity index (χ2v) is 13.3. The summed E-state index contributed by atoms with van der Waals surface area (Å²) in [7, 11) is -3.56. The maximum atomic E-state index is 13.9. The summed E-state index contributed by atoms with van der Waals surface area (Å²) in [4.78, 5) is 29.0. The van der Waals surface area contributed by atoms with Crippen molar-refractivity contribution in [3.63, 3.8) is 0 Å². The first kappa shape index (κ1) is 32.3. The number of aryl methyl sites for hydroxylation is 2. The molecule has 0 aliphatic heterocycles. The highest BCUT2D eigenvalue weighted by Gasteiger charge is 2.30. The van der Waals surface area contributed by atoms with Crippen LogP contribution in [0.2, 0.25) is 0 Å². The van der Waals surface area contributed by atoms with Gasteiger partial charge in [-0.05, 0) is 73.2 Å². The van der Waals surface area contributed by atoms with Crippen LogP contribution >= 0.6 is 15.9 Å². The fourth-order valence-electron chi connectivity index (χ4n) is 4.85. The number of hydrogen-bond donors (Lipinski definition) is 1. The highest BCUT2D eigenvalue weighted by Crippen LogP contribution is 2.23. The zero-order valence-electron chi connectivity index (χ0n) is 24.3. The van der Waals surface area contributed by atoms with Crippen molar-refractivity contribution >= 4 is 43.5 Å². The first-order chi connectivity index (χ1) is 19.5. The number of nitrogens with zero attached hydrogens (tertiary/aromatic N) is 2. The molecule has 220 valence electrons. The van der Waals surface area contributed by atoms with E-state index in [1.807, 2.05) is 93.6 Å². The highest BCUT2D eigenvalue weighted by atomic mass is 79.9. The summed E-state index contributed by atoms with van der Waals surface area (Å²) >= 11 is 3.51. The predicted octanol–water partition coefficient (Wildman–Crippen LogP) is 5.78. The molecule has 9 heteroatoms. The van der Waals surface area contributed by atoms with E-state index in [2.05, 4.69) is 21.2 Å². The lowest BCUT2D eigenvalue weighted by Gasteiger charge is -2.32. The average molecular weight is 643 g/mol. The largest absolute Gasteiger partial charge is 0.354 e. The van der Waals surface area contributed by atoms with Crippen LogP contribution in [0.4, 0.5) is 5.69 Å². The lowest BCUT2D eigenvalue weighted by molar-refractivity contribution is -0.141. The third kappa shape index (κ3) is 10.0. The van der Waals surface area contributed by atoms with Crippen LogP contribution in [0.1, 0.15) is 48.4 Å². The number of carbonyl (C=O) groups is 2. The van der Waals surface area contributed by atoms with Gasteiger partial charge in [-0.1, -0.05) is 71.4 Å². The Balaban J connectivity index is 1.88. The van der Waals surface area contributed by atoms with E-state index in [9.17, 15) is 18.0 Å². The number of amides is 2. The van der Waals surface area contributed by atoms with E-state index in [1.54, 1.807) is 4.90 Å². The topological polar surface area (TPSA) is 86.8 Å². The van der Waals surface area contributed by atoms with Crippen molar-refractivity contribution in [3.8, 4) is 0 Å². The Morgan fingerprint density at radius 1 is 0.927 bits per heavy atom. The summed E-state index contributed by atoms with van der Waals surface area (Å²) in [5, 5.41) is 2.98. The van der Waals surface area contributed by atoms with Gasteiger partial charge in [0.1, 0.15) is 6.04 Å². The highest BCUT2D eigenvalue weighted by molar-refractivity contribution is 9.10. The van der Waals surface area contributed by atoms with Crippen molar-refractivity contribution < 1.29 is 18.0 Å². The molecule has 0 bridgehead atoms. The second-order valence-electron chi connectivity index (χ2n) is 10.4. The molecule has 0 aliphatic carbocycles. The summed E-state index contributed by atoms with van der Waals surface area (Å²) in [6.07, 6.45) is 2.73. The lowest BCUT2D eigenvalue weighted by atomic mass is 10.0. The van der Waals surface area contributed by atoms with E-state index in [0.717, 1.165) is 33.1 Å². The van der Waals surface area contributed by atoms with Crippen molar-refractivity contribution in [2.75, 3.05) is 23.7 Å². The van der Waals surface area contributed by atoms with Crippen molar-refractivity contribution in [3.05, 3.63) is 99.5 Å². The van der Waals surface area contributed by atoms with Gasteiger partial charge in [-0.15, -0.1) is 0 Å². The van der Waals surface area contributed by atoms with Gasteiger partial charge >= 0.3 is 0 Å². The molecule has 0 fully saturated rings. The van der Waals surface area contributed by atoms with Gasteiger partial charge in [0.05, 0.1) is 11.9 Å². The molecule has 0 heterocycles. The van der Waals surface area contributed by atoms with Gasteiger partial charge in [-0.3, -0.25) is 13.9 Å². The van der Waals surface area contributed by atoms with Crippen molar-refractivity contribution in [1.82, 2.24) is 10.2 Å². The van der Waals surface area contributed by atoms with Gasteiger partial charge in [0.2, 0.25) is 21.8 Å². The number of benzene rings is 3. The number of rotatable bonds is 14. The third-order valence-corrected chi connectivity index (χ3v) is 8.40. The summed E-state index contributed by atoms with van der Waals surface area (Å²) in [5.74, 6) is -0.404. The van der Waals surface area contributed by atoms with E-state index in [4.69, 9.17) is 0 Å². The molecular formula is C32H40BrN3O4S. The van der Waals surface area contributed by atoms with Crippen LogP contribution in [0.3, 0.4) is 0 Å². The average Bonchev–Trinajstić information content (AvgIpc) is 2.91. The molecule has 0 spiro atoms. The molecule has 3 aromatic carbocycles. The van der Waals surface area contributed by atoms with Gasteiger partial charge in [0.25, 0.3) is 0 Å². The quantitative estimate of drug-likeness (QED) is 0.242. The van der Waals surface area contributed by atoms with Crippen LogP contribution in [0.5, 0.6) is 0 Å². The van der Waals surface area contributed by atoms with Gasteiger partial charge in [0.15, 0.2) is 0 Å². The molecule has 1 N–H and O–H groups in total. The molecular weight excluding hydrogens is 602 g/mol. The Morgan fingerprint density at radius 3 is 2.20 bits per heavy atom. The Hall–Kier alpha value is -3.17. The van der Waals surface area contributed by atoms with Crippen LogP contribution < -0.4 is 9.62 Å². The van der Waals surface area contributed by atoms with E-state index in [0.29, 0.717) is 25.1 Å². The number of sulfonamides is 1. The van der Waals surface area contributed by atoms with Gasteiger partial charge in [-0.2, -0.15) is 0 Å². The SMILES string of the molecule is CCCNC(=O)C(Cc1ccccc1)N(Cc1cccc(Br)c1)C(=O)CCCN(c1cc(C)cc(C)c1)S(C)(=O)=O. The van der Waals surface area contributed by atoms with Crippen LogP contribution in [0.25, 0.3) is 0 Å². The number of nitrogens with one attached hydrogen (secondary N) is 1. The summed E-state index contributed by atoms with van der Waals surface area (Å²) in [6.45, 7) is 6.77. The first-order valence-corrected chi connectivity index (χ1v) is 16.5. The molecule has 0 aliphatic rings. The molecule has 0 saturated carbocycles. The Bertz CT molecular complexity index is 1410. The fourth-order valence-corrected chi connectivity index (χ4v) is 6.25. The first-order valence-electron chi connectivity index (χ1n) is 13.9. The second kappa shape index (κ2) is 15.2. The standard InChI is InChI=1S/C32H40BrN3O4S/c1-5-16-34-32(38)30(22-26-11-7-6-8-12-26)35(23-27-13-9-14-28(33)21-27)31(37)15-10-17-36(41(4,39)40)29-19-24(2)18-25(3)20-29/h6-9,11-14,18-21,30H,5,10,15-17,22-23H2,1-4H3,(H,34,38). The predicted molar refractivity (Wildman–Crippen MR) is 169 cm³/mol. The Labute approximate surface area is 253 Å². The fraction of sp³-hybridized carbons (Fsp3) is 0.375. The molecule has 1 unspecified atom stereocenters. The minimum Gasteiger partial charge on any atom is -0.354 e. The van der Waals surface area contributed by atoms with Crippen LogP contribution in [0, 0.1) is 13.8 Å². The summed E-state index contributed by atoms with van der Waals surface area (Å²) in [5.41, 5.74) is 4.36. The van der Waals surface area contributed by atoms with Crippen molar-refractivity contribution in [2.45, 2.75) is 59.0 Å². The molecule has 7 nitrogen and oxygen atoms in total. The third-order valence-electron chi connectivity index (χ3n) is 6.71. The number of anilines is 1. The summed E-state index contributed by atoms with van der Waals surface area (Å²) in [6, 6.07) is 22.3. The minimum atomic E-state index is -3.56. The number of carbonyl (C=O) groups excluding carboxylic acids is 2. The minimum absolute atomic E-state index is 0.0944. The molecule has 3 aromatic rings. The van der Waals surface area contributed by atoms with Crippen molar-refractivity contribution in [2.24, 2.45) is 0 Å². The molecule has 0 saturated heterocycles. The maximum absolute atomic E-state index is 13.9. The monoisotopic (exact) mass is 641 g/mol. The molecule has 41 heavy (non-hydrogen) atoms. The molecule has 1 atom stereocenters. The van der Waals surface area contributed by atoms with E-state index >= 15 is 0 Å². The van der Waals surface area contributed by atoms with Crippen LogP contribution in [-0.2, 0) is 32.6 Å². The number of halogens is 1. The van der Waals surface area contributed by atoms with Crippen molar-refractivity contribution in [1.29, 1.82) is 0 Å². The van der Waals surface area contributed by atoms with Crippen LogP contribution in [0.15, 0.2) is 77.3 Å². The smallest absolute Gasteiger partial charge is 0.243 e. The zero-order chi connectivity index (χ0) is 30.0. The normalized spacial score (nSPS) is 12.0. The van der Waals surface area contributed by atoms with E-state index < -0.39 is 16.1 Å². The van der Waals surface area contributed by atoms with Gasteiger partial charge < -0.3 is 10.2 Å². The lowest BCUT2D eigenvalue weighted by Crippen LogP contribution is -2.50.